The van der Waals surface area contributed by atoms with E-state index in [1.807, 2.05) is 27.7 Å². The second-order valence-electron chi connectivity index (χ2n) is 6.70. The molecule has 0 aromatic rings. The first-order valence-corrected chi connectivity index (χ1v) is 8.00. The Hall–Kier alpha value is -0.610. The molecule has 0 heterocycles. The molecule has 0 aromatic heterocycles. The minimum absolute atomic E-state index is 0.0769. The molecule has 0 radical (unpaired) electrons. The van der Waals surface area contributed by atoms with Gasteiger partial charge in [-0.3, -0.25) is 4.79 Å². The Kier molecular flexibility index (Phi) is 9.06. The summed E-state index contributed by atoms with van der Waals surface area (Å²) < 4.78 is 0. The highest BCUT2D eigenvalue weighted by atomic mass is 16.2. The summed E-state index contributed by atoms with van der Waals surface area (Å²) in [6.07, 6.45) is 2.27. The molecule has 2 N–H and O–H groups in total. The fraction of sp³-hybridized carbons (Fsp3) is 0.938. The molecular formula is C16H35N3O. The van der Waals surface area contributed by atoms with E-state index in [2.05, 4.69) is 36.3 Å². The zero-order valence-electron chi connectivity index (χ0n) is 14.5. The molecule has 0 aliphatic rings. The van der Waals surface area contributed by atoms with Crippen LogP contribution in [0.15, 0.2) is 0 Å². The van der Waals surface area contributed by atoms with Crippen LogP contribution in [0.2, 0.25) is 0 Å². The fourth-order valence-corrected chi connectivity index (χ4v) is 2.22. The van der Waals surface area contributed by atoms with Gasteiger partial charge in [0.15, 0.2) is 0 Å². The quantitative estimate of drug-likeness (QED) is 0.684. The highest BCUT2D eigenvalue weighted by Gasteiger charge is 2.20. The van der Waals surface area contributed by atoms with Gasteiger partial charge >= 0.3 is 0 Å². The van der Waals surface area contributed by atoms with Crippen molar-refractivity contribution in [3.63, 3.8) is 0 Å². The van der Waals surface area contributed by atoms with Gasteiger partial charge in [0.25, 0.3) is 0 Å². The summed E-state index contributed by atoms with van der Waals surface area (Å²) in [7, 11) is 0. The number of carbonyl (C=O) groups excluding carboxylic acids is 1. The smallest absolute Gasteiger partial charge is 0.237 e. The second-order valence-corrected chi connectivity index (χ2v) is 6.70. The van der Waals surface area contributed by atoms with Gasteiger partial charge in [-0.2, -0.15) is 0 Å². The number of hydrogen-bond acceptors (Lipinski definition) is 3. The van der Waals surface area contributed by atoms with Crippen LogP contribution < -0.4 is 10.6 Å². The summed E-state index contributed by atoms with van der Waals surface area (Å²) in [6, 6.07) is 0.226. The molecule has 0 bridgehead atoms. The summed E-state index contributed by atoms with van der Waals surface area (Å²) in [5.74, 6) is 0.0769. The molecule has 0 fully saturated rings. The highest BCUT2D eigenvalue weighted by molar-refractivity contribution is 5.81. The van der Waals surface area contributed by atoms with Crippen molar-refractivity contribution >= 4 is 5.91 Å². The zero-order chi connectivity index (χ0) is 15.8. The average Bonchev–Trinajstić information content (AvgIpc) is 2.32. The van der Waals surface area contributed by atoms with Crippen molar-refractivity contribution in [1.82, 2.24) is 15.5 Å². The van der Waals surface area contributed by atoms with E-state index in [4.69, 9.17) is 0 Å². The lowest BCUT2D eigenvalue weighted by atomic mass is 10.1. The van der Waals surface area contributed by atoms with Crippen LogP contribution in [0.1, 0.15) is 61.3 Å². The van der Waals surface area contributed by atoms with Crippen LogP contribution in [0.25, 0.3) is 0 Å². The van der Waals surface area contributed by atoms with Crippen LogP contribution in [0.5, 0.6) is 0 Å². The van der Waals surface area contributed by atoms with Gasteiger partial charge in [-0.1, -0.05) is 13.8 Å². The van der Waals surface area contributed by atoms with Crippen molar-refractivity contribution in [1.29, 1.82) is 0 Å². The molecule has 0 spiro atoms. The molecule has 0 rings (SSSR count). The number of carbonyl (C=O) groups is 1. The number of nitrogens with one attached hydrogen (secondary N) is 2. The van der Waals surface area contributed by atoms with E-state index in [0.29, 0.717) is 6.04 Å². The summed E-state index contributed by atoms with van der Waals surface area (Å²) >= 11 is 0. The van der Waals surface area contributed by atoms with Crippen molar-refractivity contribution in [2.75, 3.05) is 19.6 Å². The molecular weight excluding hydrogens is 250 g/mol. The standard InChI is InChI=1S/C16H35N3O/c1-8-19(9-2)12-10-11-13(3)17-14(4)15(20)18-16(5,6)7/h13-14,17H,8-12H2,1-7H3,(H,18,20). The van der Waals surface area contributed by atoms with E-state index in [1.165, 1.54) is 6.42 Å². The van der Waals surface area contributed by atoms with Gasteiger partial charge in [0.1, 0.15) is 0 Å². The molecule has 4 heteroatoms. The Bertz CT molecular complexity index is 269. The first kappa shape index (κ1) is 19.4. The zero-order valence-corrected chi connectivity index (χ0v) is 14.5. The molecule has 2 atom stereocenters. The first-order chi connectivity index (χ1) is 9.19. The molecule has 2 unspecified atom stereocenters. The Labute approximate surface area is 125 Å². The van der Waals surface area contributed by atoms with Gasteiger partial charge in [-0.25, -0.2) is 0 Å². The predicted molar refractivity (Wildman–Crippen MR) is 87.0 cm³/mol. The first-order valence-electron chi connectivity index (χ1n) is 8.00. The molecule has 0 aliphatic carbocycles. The fourth-order valence-electron chi connectivity index (χ4n) is 2.22. The SMILES string of the molecule is CCN(CC)CCCC(C)NC(C)C(=O)NC(C)(C)C. The van der Waals surface area contributed by atoms with Gasteiger partial charge < -0.3 is 15.5 Å². The average molecular weight is 285 g/mol. The lowest BCUT2D eigenvalue weighted by Crippen LogP contribution is -2.51. The number of rotatable bonds is 9. The maximum atomic E-state index is 12.0. The van der Waals surface area contributed by atoms with Crippen molar-refractivity contribution in [3.8, 4) is 0 Å². The number of hydrogen-bond donors (Lipinski definition) is 2. The van der Waals surface area contributed by atoms with E-state index >= 15 is 0 Å². The minimum Gasteiger partial charge on any atom is -0.350 e. The highest BCUT2D eigenvalue weighted by Crippen LogP contribution is 2.03. The van der Waals surface area contributed by atoms with Crippen LogP contribution >= 0.6 is 0 Å². The molecule has 0 aliphatic heterocycles. The Morgan fingerprint density at radius 2 is 1.70 bits per heavy atom. The van der Waals surface area contributed by atoms with E-state index in [1.54, 1.807) is 0 Å². The van der Waals surface area contributed by atoms with Crippen LogP contribution in [-0.4, -0.2) is 48.1 Å². The number of amides is 1. The molecule has 120 valence electrons. The van der Waals surface area contributed by atoms with Crippen molar-refractivity contribution in [2.24, 2.45) is 0 Å². The van der Waals surface area contributed by atoms with Gasteiger partial charge in [0.05, 0.1) is 6.04 Å². The van der Waals surface area contributed by atoms with Gasteiger partial charge in [-0.05, 0) is 67.1 Å². The molecule has 4 nitrogen and oxygen atoms in total. The van der Waals surface area contributed by atoms with Crippen LogP contribution in [-0.2, 0) is 4.79 Å². The third kappa shape index (κ3) is 9.32. The minimum atomic E-state index is -0.168. The molecule has 20 heavy (non-hydrogen) atoms. The van der Waals surface area contributed by atoms with Crippen LogP contribution in [0.3, 0.4) is 0 Å². The number of nitrogens with zero attached hydrogens (tertiary/aromatic N) is 1. The van der Waals surface area contributed by atoms with Crippen LogP contribution in [0.4, 0.5) is 0 Å². The molecule has 0 saturated carbocycles. The topological polar surface area (TPSA) is 44.4 Å². The maximum Gasteiger partial charge on any atom is 0.237 e. The maximum absolute atomic E-state index is 12.0. The Morgan fingerprint density at radius 3 is 2.15 bits per heavy atom. The third-order valence-corrected chi connectivity index (χ3v) is 3.43. The van der Waals surface area contributed by atoms with E-state index in [0.717, 1.165) is 26.1 Å². The van der Waals surface area contributed by atoms with Crippen LogP contribution in [0, 0.1) is 0 Å². The summed E-state index contributed by atoms with van der Waals surface area (Å²) in [6.45, 7) is 17.9. The van der Waals surface area contributed by atoms with Gasteiger partial charge in [0, 0.05) is 11.6 Å². The largest absolute Gasteiger partial charge is 0.350 e. The Balaban J connectivity index is 3.95. The summed E-state index contributed by atoms with van der Waals surface area (Å²) in [5.41, 5.74) is -0.168. The van der Waals surface area contributed by atoms with Crippen molar-refractivity contribution < 1.29 is 4.79 Å². The molecule has 0 aromatic carbocycles. The normalized spacial score (nSPS) is 15.2. The molecule has 0 saturated heterocycles. The van der Waals surface area contributed by atoms with Crippen molar-refractivity contribution in [2.45, 2.75) is 78.9 Å². The lowest BCUT2D eigenvalue weighted by molar-refractivity contribution is -0.124. The Morgan fingerprint density at radius 1 is 1.15 bits per heavy atom. The lowest BCUT2D eigenvalue weighted by Gasteiger charge is -2.26. The van der Waals surface area contributed by atoms with E-state index < -0.39 is 0 Å². The summed E-state index contributed by atoms with van der Waals surface area (Å²) in [4.78, 5) is 14.4. The predicted octanol–water partition coefficient (Wildman–Crippen LogP) is 2.39. The summed E-state index contributed by atoms with van der Waals surface area (Å²) in [5, 5.41) is 6.39. The monoisotopic (exact) mass is 285 g/mol. The third-order valence-electron chi connectivity index (χ3n) is 3.43. The van der Waals surface area contributed by atoms with Gasteiger partial charge in [-0.15, -0.1) is 0 Å². The van der Waals surface area contributed by atoms with Gasteiger partial charge in [0.2, 0.25) is 5.91 Å². The van der Waals surface area contributed by atoms with E-state index in [9.17, 15) is 4.79 Å². The van der Waals surface area contributed by atoms with Crippen molar-refractivity contribution in [3.05, 3.63) is 0 Å². The molecule has 1 amide bonds. The second kappa shape index (κ2) is 9.35. The van der Waals surface area contributed by atoms with E-state index in [-0.39, 0.29) is 17.5 Å².